The summed E-state index contributed by atoms with van der Waals surface area (Å²) in [6, 6.07) is 13.2. The molecule has 1 fully saturated rings. The van der Waals surface area contributed by atoms with Gasteiger partial charge < -0.3 is 14.8 Å². The van der Waals surface area contributed by atoms with Crippen LogP contribution in [-0.4, -0.2) is 12.8 Å². The van der Waals surface area contributed by atoms with E-state index in [-0.39, 0.29) is 5.82 Å². The van der Waals surface area contributed by atoms with E-state index < -0.39 is 0 Å². The second-order valence-electron chi connectivity index (χ2n) is 5.63. The number of ether oxygens (including phenoxy) is 2. The molecule has 1 heterocycles. The average Bonchev–Trinajstić information content (AvgIpc) is 2.89. The largest absolute Gasteiger partial charge is 0.454 e. The summed E-state index contributed by atoms with van der Waals surface area (Å²) in [5.74, 6) is 1.89. The van der Waals surface area contributed by atoms with Crippen LogP contribution < -0.4 is 14.8 Å². The number of hydrogen-bond donors (Lipinski definition) is 1. The molecule has 0 amide bonds. The first-order valence-corrected chi connectivity index (χ1v) is 7.19. The average molecular weight is 285 g/mol. The normalized spacial score (nSPS) is 22.7. The predicted octanol–water partition coefficient (Wildman–Crippen LogP) is 3.91. The van der Waals surface area contributed by atoms with Gasteiger partial charge in [0, 0.05) is 17.8 Å². The van der Waals surface area contributed by atoms with Crippen molar-refractivity contribution in [2.75, 3.05) is 12.1 Å². The Morgan fingerprint density at radius 2 is 1.86 bits per heavy atom. The molecule has 108 valence electrons. The maximum atomic E-state index is 13.2. The highest BCUT2D eigenvalue weighted by molar-refractivity contribution is 5.56. The first kappa shape index (κ1) is 12.5. The monoisotopic (exact) mass is 285 g/mol. The van der Waals surface area contributed by atoms with Gasteiger partial charge in [-0.3, -0.25) is 0 Å². The lowest BCUT2D eigenvalue weighted by atomic mass is 9.76. The van der Waals surface area contributed by atoms with Gasteiger partial charge >= 0.3 is 0 Å². The Morgan fingerprint density at radius 3 is 2.71 bits per heavy atom. The first-order valence-electron chi connectivity index (χ1n) is 7.19. The number of nitrogens with one attached hydrogen (secondary N) is 1. The van der Waals surface area contributed by atoms with Crippen LogP contribution in [0, 0.1) is 5.82 Å². The summed E-state index contributed by atoms with van der Waals surface area (Å²) in [4.78, 5) is 0. The van der Waals surface area contributed by atoms with E-state index in [1.165, 1.54) is 6.07 Å². The van der Waals surface area contributed by atoms with Gasteiger partial charge in [-0.1, -0.05) is 12.1 Å². The highest BCUT2D eigenvalue weighted by atomic mass is 19.1. The molecule has 0 spiro atoms. The molecule has 0 aromatic heterocycles. The Labute approximate surface area is 122 Å². The summed E-state index contributed by atoms with van der Waals surface area (Å²) in [7, 11) is 0. The molecule has 2 aromatic carbocycles. The molecular weight excluding hydrogens is 269 g/mol. The molecule has 1 aliphatic heterocycles. The lowest BCUT2D eigenvalue weighted by Gasteiger charge is -2.37. The van der Waals surface area contributed by atoms with Gasteiger partial charge in [0.25, 0.3) is 0 Å². The van der Waals surface area contributed by atoms with E-state index in [1.807, 2.05) is 24.3 Å². The van der Waals surface area contributed by atoms with E-state index in [9.17, 15) is 4.39 Å². The maximum absolute atomic E-state index is 13.2. The minimum Gasteiger partial charge on any atom is -0.454 e. The number of benzene rings is 2. The molecular formula is C17H16FNO2. The van der Waals surface area contributed by atoms with Crippen LogP contribution in [0.2, 0.25) is 0 Å². The molecule has 0 unspecified atom stereocenters. The third-order valence-corrected chi connectivity index (χ3v) is 4.20. The quantitative estimate of drug-likeness (QED) is 0.927. The standard InChI is InChI=1S/C17H16FNO2/c18-13-3-1-2-11(6-13)12-7-15(8-12)19-14-4-5-16-17(9-14)21-10-20-16/h1-6,9,12,15,19H,7-8,10H2. The summed E-state index contributed by atoms with van der Waals surface area (Å²) in [5, 5.41) is 3.49. The smallest absolute Gasteiger partial charge is 0.231 e. The van der Waals surface area contributed by atoms with Crippen molar-refractivity contribution >= 4 is 5.69 Å². The topological polar surface area (TPSA) is 30.5 Å². The van der Waals surface area contributed by atoms with Crippen LogP contribution in [0.15, 0.2) is 42.5 Å². The summed E-state index contributed by atoms with van der Waals surface area (Å²) >= 11 is 0. The van der Waals surface area contributed by atoms with Crippen molar-refractivity contribution in [3.05, 3.63) is 53.8 Å². The second kappa shape index (κ2) is 4.95. The first-order chi connectivity index (χ1) is 10.3. The second-order valence-corrected chi connectivity index (χ2v) is 5.63. The van der Waals surface area contributed by atoms with Gasteiger partial charge in [0.15, 0.2) is 11.5 Å². The van der Waals surface area contributed by atoms with Crippen LogP contribution in [-0.2, 0) is 0 Å². The van der Waals surface area contributed by atoms with Gasteiger partial charge in [-0.25, -0.2) is 4.39 Å². The summed E-state index contributed by atoms with van der Waals surface area (Å²) < 4.78 is 23.9. The number of halogens is 1. The van der Waals surface area contributed by atoms with Gasteiger partial charge in [0.05, 0.1) is 0 Å². The van der Waals surface area contributed by atoms with Crippen molar-refractivity contribution in [1.82, 2.24) is 0 Å². The molecule has 4 heteroatoms. The Kier molecular flexibility index (Phi) is 2.95. The zero-order chi connectivity index (χ0) is 14.2. The Balaban J connectivity index is 1.38. The SMILES string of the molecule is Fc1cccc(C2CC(Nc3ccc4c(c3)OCO4)C2)c1. The molecule has 3 nitrogen and oxygen atoms in total. The van der Waals surface area contributed by atoms with Crippen molar-refractivity contribution in [1.29, 1.82) is 0 Å². The highest BCUT2D eigenvalue weighted by Gasteiger charge is 2.30. The number of anilines is 1. The van der Waals surface area contributed by atoms with E-state index in [0.29, 0.717) is 18.8 Å². The Morgan fingerprint density at radius 1 is 1.00 bits per heavy atom. The summed E-state index contributed by atoms with van der Waals surface area (Å²) in [6.07, 6.45) is 2.05. The van der Waals surface area contributed by atoms with Crippen molar-refractivity contribution in [2.45, 2.75) is 24.8 Å². The minimum atomic E-state index is -0.153. The summed E-state index contributed by atoms with van der Waals surface area (Å²) in [5.41, 5.74) is 2.14. The van der Waals surface area contributed by atoms with Crippen LogP contribution in [0.4, 0.5) is 10.1 Å². The fourth-order valence-corrected chi connectivity index (χ4v) is 2.99. The lowest BCUT2D eigenvalue weighted by molar-refractivity contribution is 0.174. The summed E-state index contributed by atoms with van der Waals surface area (Å²) in [6.45, 7) is 0.295. The molecule has 0 radical (unpaired) electrons. The van der Waals surface area contributed by atoms with E-state index in [1.54, 1.807) is 12.1 Å². The molecule has 1 saturated carbocycles. The van der Waals surface area contributed by atoms with Gasteiger partial charge in [-0.15, -0.1) is 0 Å². The highest BCUT2D eigenvalue weighted by Crippen LogP contribution is 2.40. The van der Waals surface area contributed by atoms with Gasteiger partial charge in [-0.05, 0) is 48.6 Å². The van der Waals surface area contributed by atoms with Gasteiger partial charge in [0.2, 0.25) is 6.79 Å². The zero-order valence-electron chi connectivity index (χ0n) is 11.5. The van der Waals surface area contributed by atoms with Crippen molar-refractivity contribution in [3.63, 3.8) is 0 Å². The van der Waals surface area contributed by atoms with Crippen molar-refractivity contribution in [3.8, 4) is 11.5 Å². The van der Waals surface area contributed by atoms with Gasteiger partial charge in [0.1, 0.15) is 5.82 Å². The molecule has 1 aliphatic carbocycles. The van der Waals surface area contributed by atoms with Crippen LogP contribution in [0.3, 0.4) is 0 Å². The Hall–Kier alpha value is -2.23. The molecule has 0 atom stereocenters. The number of rotatable bonds is 3. The molecule has 2 aromatic rings. The molecule has 0 bridgehead atoms. The molecule has 21 heavy (non-hydrogen) atoms. The zero-order valence-corrected chi connectivity index (χ0v) is 11.5. The fourth-order valence-electron chi connectivity index (χ4n) is 2.99. The third kappa shape index (κ3) is 2.42. The van der Waals surface area contributed by atoms with Crippen molar-refractivity contribution in [2.24, 2.45) is 0 Å². The molecule has 1 N–H and O–H groups in total. The molecule has 2 aliphatic rings. The van der Waals surface area contributed by atoms with Crippen molar-refractivity contribution < 1.29 is 13.9 Å². The molecule has 0 saturated heterocycles. The van der Waals surface area contributed by atoms with E-state index in [0.717, 1.165) is 35.6 Å². The number of hydrogen-bond acceptors (Lipinski definition) is 3. The minimum absolute atomic E-state index is 0.153. The van der Waals surface area contributed by atoms with E-state index >= 15 is 0 Å². The third-order valence-electron chi connectivity index (χ3n) is 4.20. The predicted molar refractivity (Wildman–Crippen MR) is 78.4 cm³/mol. The molecule has 4 rings (SSSR count). The van der Waals surface area contributed by atoms with Gasteiger partial charge in [-0.2, -0.15) is 0 Å². The lowest BCUT2D eigenvalue weighted by Crippen LogP contribution is -2.34. The van der Waals surface area contributed by atoms with Crippen LogP contribution in [0.1, 0.15) is 24.3 Å². The fraction of sp³-hybridized carbons (Fsp3) is 0.294. The number of fused-ring (bicyclic) bond motifs is 1. The van der Waals surface area contributed by atoms with E-state index in [4.69, 9.17) is 9.47 Å². The van der Waals surface area contributed by atoms with Crippen LogP contribution in [0.5, 0.6) is 11.5 Å². The Bertz CT molecular complexity index is 668. The van der Waals surface area contributed by atoms with Crippen LogP contribution >= 0.6 is 0 Å². The van der Waals surface area contributed by atoms with Crippen LogP contribution in [0.25, 0.3) is 0 Å². The van der Waals surface area contributed by atoms with E-state index in [2.05, 4.69) is 5.32 Å². The maximum Gasteiger partial charge on any atom is 0.231 e.